The van der Waals surface area contributed by atoms with E-state index in [4.69, 9.17) is 4.74 Å². The second kappa shape index (κ2) is 5.25. The predicted octanol–water partition coefficient (Wildman–Crippen LogP) is 1.05. The molecule has 0 aliphatic carbocycles. The summed E-state index contributed by atoms with van der Waals surface area (Å²) >= 11 is 2.10. The molecular formula is C12H24N2OS. The van der Waals surface area contributed by atoms with Crippen LogP contribution in [0, 0.1) is 5.92 Å². The summed E-state index contributed by atoms with van der Waals surface area (Å²) < 4.78 is 5.98. The van der Waals surface area contributed by atoms with Crippen molar-refractivity contribution in [3.05, 3.63) is 0 Å². The van der Waals surface area contributed by atoms with Crippen LogP contribution in [-0.2, 0) is 4.74 Å². The number of nitrogens with zero attached hydrogens (tertiary/aromatic N) is 1. The predicted molar refractivity (Wildman–Crippen MR) is 70.1 cm³/mol. The molecule has 0 bridgehead atoms. The molecule has 0 aromatic carbocycles. The Bertz CT molecular complexity index is 235. The Morgan fingerprint density at radius 2 is 2.25 bits per heavy atom. The van der Waals surface area contributed by atoms with E-state index in [0.717, 1.165) is 13.2 Å². The molecule has 2 rings (SSSR count). The first-order valence-electron chi connectivity index (χ1n) is 6.22. The van der Waals surface area contributed by atoms with Crippen molar-refractivity contribution in [2.75, 3.05) is 45.6 Å². The number of nitrogens with one attached hydrogen (secondary N) is 1. The zero-order chi connectivity index (χ0) is 11.6. The molecule has 0 aromatic rings. The van der Waals surface area contributed by atoms with Crippen LogP contribution in [0.2, 0.25) is 0 Å². The molecule has 0 spiro atoms. The zero-order valence-corrected chi connectivity index (χ0v) is 11.5. The molecule has 2 heterocycles. The van der Waals surface area contributed by atoms with Crippen LogP contribution in [0.3, 0.4) is 0 Å². The molecule has 2 atom stereocenters. The van der Waals surface area contributed by atoms with Crippen LogP contribution in [0.25, 0.3) is 0 Å². The van der Waals surface area contributed by atoms with Crippen molar-refractivity contribution >= 4 is 11.8 Å². The van der Waals surface area contributed by atoms with Crippen LogP contribution in [0.5, 0.6) is 0 Å². The summed E-state index contributed by atoms with van der Waals surface area (Å²) in [4.78, 5) is 2.61. The van der Waals surface area contributed by atoms with Crippen LogP contribution < -0.4 is 5.32 Å². The Hall–Kier alpha value is 0.230. The molecule has 0 amide bonds. The standard InChI is InChI=1S/C12H24N2OS/c1-12(2)9-14(4-5-16-12)6-10-7-15-8-11(10)13-3/h10-11,13H,4-9H2,1-3H3. The maximum Gasteiger partial charge on any atom is 0.0623 e. The van der Waals surface area contributed by atoms with E-state index < -0.39 is 0 Å². The van der Waals surface area contributed by atoms with E-state index in [0.29, 0.717) is 16.7 Å². The third kappa shape index (κ3) is 3.13. The first-order valence-corrected chi connectivity index (χ1v) is 7.20. The second-order valence-corrected chi connectivity index (χ2v) is 7.34. The fourth-order valence-electron chi connectivity index (χ4n) is 2.70. The van der Waals surface area contributed by atoms with Crippen molar-refractivity contribution in [1.82, 2.24) is 10.2 Å². The quantitative estimate of drug-likeness (QED) is 0.802. The van der Waals surface area contributed by atoms with Gasteiger partial charge in [-0.15, -0.1) is 0 Å². The lowest BCUT2D eigenvalue weighted by atomic mass is 10.0. The lowest BCUT2D eigenvalue weighted by Crippen LogP contribution is -2.47. The molecule has 3 nitrogen and oxygen atoms in total. The van der Waals surface area contributed by atoms with Gasteiger partial charge in [0.05, 0.1) is 13.2 Å². The fourth-order valence-corrected chi connectivity index (χ4v) is 3.88. The highest BCUT2D eigenvalue weighted by atomic mass is 32.2. The number of likely N-dealkylation sites (N-methyl/N-ethyl adjacent to an activating group) is 1. The van der Waals surface area contributed by atoms with Crippen LogP contribution in [0.15, 0.2) is 0 Å². The van der Waals surface area contributed by atoms with E-state index in [2.05, 4.69) is 35.8 Å². The highest BCUT2D eigenvalue weighted by Gasteiger charge is 2.32. The van der Waals surface area contributed by atoms with Gasteiger partial charge in [0.2, 0.25) is 0 Å². The summed E-state index contributed by atoms with van der Waals surface area (Å²) in [5.74, 6) is 1.94. The smallest absolute Gasteiger partial charge is 0.0623 e. The number of hydrogen-bond acceptors (Lipinski definition) is 4. The Balaban J connectivity index is 1.84. The highest BCUT2D eigenvalue weighted by Crippen LogP contribution is 2.30. The first kappa shape index (κ1) is 12.7. The van der Waals surface area contributed by atoms with Crippen molar-refractivity contribution in [1.29, 1.82) is 0 Å². The summed E-state index contributed by atoms with van der Waals surface area (Å²) in [6.45, 7) is 10.2. The van der Waals surface area contributed by atoms with Crippen molar-refractivity contribution in [3.8, 4) is 0 Å². The number of ether oxygens (including phenoxy) is 1. The topological polar surface area (TPSA) is 24.5 Å². The van der Waals surface area contributed by atoms with E-state index in [1.54, 1.807) is 0 Å². The van der Waals surface area contributed by atoms with Gasteiger partial charge in [0.25, 0.3) is 0 Å². The van der Waals surface area contributed by atoms with E-state index in [1.807, 2.05) is 7.05 Å². The average molecular weight is 244 g/mol. The van der Waals surface area contributed by atoms with Crippen LogP contribution in [-0.4, -0.2) is 61.3 Å². The van der Waals surface area contributed by atoms with Gasteiger partial charge >= 0.3 is 0 Å². The number of rotatable bonds is 3. The van der Waals surface area contributed by atoms with Crippen molar-refractivity contribution < 1.29 is 4.74 Å². The lowest BCUT2D eigenvalue weighted by Gasteiger charge is -2.39. The van der Waals surface area contributed by atoms with E-state index in [-0.39, 0.29) is 0 Å². The molecule has 0 saturated carbocycles. The largest absolute Gasteiger partial charge is 0.379 e. The monoisotopic (exact) mass is 244 g/mol. The molecular weight excluding hydrogens is 220 g/mol. The maximum absolute atomic E-state index is 5.56. The SMILES string of the molecule is CNC1COCC1CN1CCSC(C)(C)C1. The fraction of sp³-hybridized carbons (Fsp3) is 1.00. The molecule has 2 saturated heterocycles. The average Bonchev–Trinajstić information content (AvgIpc) is 2.63. The summed E-state index contributed by atoms with van der Waals surface area (Å²) in [5, 5.41) is 3.37. The van der Waals surface area contributed by atoms with E-state index in [9.17, 15) is 0 Å². The van der Waals surface area contributed by atoms with Crippen LogP contribution >= 0.6 is 11.8 Å². The summed E-state index contributed by atoms with van der Waals surface area (Å²) in [7, 11) is 2.04. The maximum atomic E-state index is 5.56. The van der Waals surface area contributed by atoms with Crippen molar-refractivity contribution in [2.24, 2.45) is 5.92 Å². The normalized spacial score (nSPS) is 35.4. The molecule has 4 heteroatoms. The second-order valence-electron chi connectivity index (χ2n) is 5.54. The van der Waals surface area contributed by atoms with Crippen molar-refractivity contribution in [2.45, 2.75) is 24.6 Å². The van der Waals surface area contributed by atoms with Gasteiger partial charge in [-0.25, -0.2) is 0 Å². The minimum Gasteiger partial charge on any atom is -0.379 e. The van der Waals surface area contributed by atoms with Crippen LogP contribution in [0.1, 0.15) is 13.8 Å². The zero-order valence-electron chi connectivity index (χ0n) is 10.7. The molecule has 2 aliphatic rings. The molecule has 2 unspecified atom stereocenters. The summed E-state index contributed by atoms with van der Waals surface area (Å²) in [6.07, 6.45) is 0. The van der Waals surface area contributed by atoms with Gasteiger partial charge in [0.1, 0.15) is 0 Å². The van der Waals surface area contributed by atoms with Gasteiger partial charge in [0.15, 0.2) is 0 Å². The number of hydrogen-bond donors (Lipinski definition) is 1. The van der Waals surface area contributed by atoms with Gasteiger partial charge in [-0.2, -0.15) is 11.8 Å². The minimum atomic E-state index is 0.423. The molecule has 2 aliphatic heterocycles. The summed E-state index contributed by atoms with van der Waals surface area (Å²) in [6, 6.07) is 0.553. The summed E-state index contributed by atoms with van der Waals surface area (Å²) in [5.41, 5.74) is 0. The molecule has 2 fully saturated rings. The van der Waals surface area contributed by atoms with E-state index >= 15 is 0 Å². The number of thioether (sulfide) groups is 1. The molecule has 16 heavy (non-hydrogen) atoms. The molecule has 1 N–H and O–H groups in total. The highest BCUT2D eigenvalue weighted by molar-refractivity contribution is 8.00. The van der Waals surface area contributed by atoms with Gasteiger partial charge in [-0.3, -0.25) is 0 Å². The Morgan fingerprint density at radius 1 is 1.44 bits per heavy atom. The minimum absolute atomic E-state index is 0.423. The Labute approximate surface area is 103 Å². The van der Waals surface area contributed by atoms with Gasteiger partial charge in [-0.05, 0) is 20.9 Å². The third-order valence-electron chi connectivity index (χ3n) is 3.57. The van der Waals surface area contributed by atoms with Crippen molar-refractivity contribution in [3.63, 3.8) is 0 Å². The molecule has 0 aromatic heterocycles. The van der Waals surface area contributed by atoms with Gasteiger partial charge in [0, 0.05) is 42.1 Å². The first-order chi connectivity index (χ1) is 7.61. The Morgan fingerprint density at radius 3 is 2.94 bits per heavy atom. The van der Waals surface area contributed by atoms with E-state index in [1.165, 1.54) is 25.4 Å². The lowest BCUT2D eigenvalue weighted by molar-refractivity contribution is 0.164. The van der Waals surface area contributed by atoms with Gasteiger partial charge < -0.3 is 15.0 Å². The molecule has 94 valence electrons. The Kier molecular flexibility index (Phi) is 4.16. The van der Waals surface area contributed by atoms with Crippen LogP contribution in [0.4, 0.5) is 0 Å². The van der Waals surface area contributed by atoms with Gasteiger partial charge in [-0.1, -0.05) is 0 Å². The molecule has 0 radical (unpaired) electrons. The third-order valence-corrected chi connectivity index (χ3v) is 4.86.